The summed E-state index contributed by atoms with van der Waals surface area (Å²) < 4.78 is 0. The number of likely N-dealkylation sites (tertiary alicyclic amines) is 1. The van der Waals surface area contributed by atoms with Gasteiger partial charge in [0.1, 0.15) is 6.61 Å². The Morgan fingerprint density at radius 2 is 2.15 bits per heavy atom. The summed E-state index contributed by atoms with van der Waals surface area (Å²) in [6, 6.07) is 7.37. The minimum absolute atomic E-state index is 0.0574. The number of hydrogen-bond acceptors (Lipinski definition) is 2. The molecule has 0 aromatic heterocycles. The molecule has 1 N–H and O–H groups in total. The smallest absolute Gasteiger partial charge is 0.255 e. The summed E-state index contributed by atoms with van der Waals surface area (Å²) in [6.07, 6.45) is 3.32. The van der Waals surface area contributed by atoms with E-state index in [4.69, 9.17) is 5.11 Å². The molecule has 1 saturated heterocycles. The summed E-state index contributed by atoms with van der Waals surface area (Å²) in [5.74, 6) is 6.23. The number of carbonyl (C=O) groups excluding carboxylic acids is 1. The van der Waals surface area contributed by atoms with Crippen LogP contribution in [-0.4, -0.2) is 35.6 Å². The van der Waals surface area contributed by atoms with Gasteiger partial charge in [-0.3, -0.25) is 4.79 Å². The van der Waals surface area contributed by atoms with Gasteiger partial charge < -0.3 is 10.0 Å². The molecule has 2 rings (SSSR count). The molecule has 0 aliphatic carbocycles. The van der Waals surface area contributed by atoms with Crippen LogP contribution in [0.1, 0.15) is 42.1 Å². The Hall–Kier alpha value is -1.79. The van der Waals surface area contributed by atoms with Crippen molar-refractivity contribution < 1.29 is 9.90 Å². The van der Waals surface area contributed by atoms with Crippen LogP contribution in [0.5, 0.6) is 0 Å². The number of aliphatic hydroxyl groups is 1. The fraction of sp³-hybridized carbons (Fsp3) is 0.471. The molecule has 0 radical (unpaired) electrons. The molecule has 3 heteroatoms. The first-order valence-electron chi connectivity index (χ1n) is 7.20. The van der Waals surface area contributed by atoms with Crippen molar-refractivity contribution in [3.63, 3.8) is 0 Å². The molecule has 1 aliphatic heterocycles. The quantitative estimate of drug-likeness (QED) is 0.796. The number of aliphatic hydroxyl groups excluding tert-OH is 1. The van der Waals surface area contributed by atoms with Crippen LogP contribution >= 0.6 is 0 Å². The topological polar surface area (TPSA) is 40.5 Å². The Morgan fingerprint density at radius 3 is 2.95 bits per heavy atom. The highest BCUT2D eigenvalue weighted by Crippen LogP contribution is 2.19. The van der Waals surface area contributed by atoms with Gasteiger partial charge >= 0.3 is 0 Å². The molecular weight excluding hydrogens is 250 g/mol. The van der Waals surface area contributed by atoms with Crippen LogP contribution in [0.25, 0.3) is 0 Å². The number of nitrogens with zero attached hydrogens (tertiary/aromatic N) is 1. The van der Waals surface area contributed by atoms with Crippen molar-refractivity contribution in [3.8, 4) is 11.8 Å². The average molecular weight is 271 g/mol. The van der Waals surface area contributed by atoms with Gasteiger partial charge in [-0.2, -0.15) is 0 Å². The molecule has 1 aromatic rings. The average Bonchev–Trinajstić information content (AvgIpc) is 2.69. The number of amides is 1. The molecule has 20 heavy (non-hydrogen) atoms. The van der Waals surface area contributed by atoms with Crippen molar-refractivity contribution in [1.29, 1.82) is 0 Å². The Balaban J connectivity index is 2.20. The lowest BCUT2D eigenvalue weighted by atomic mass is 10.0. The van der Waals surface area contributed by atoms with Crippen molar-refractivity contribution in [2.24, 2.45) is 5.92 Å². The number of hydrogen-bond donors (Lipinski definition) is 1. The van der Waals surface area contributed by atoms with E-state index in [-0.39, 0.29) is 12.5 Å². The predicted octanol–water partition coefficient (Wildman–Crippen LogP) is 2.29. The fourth-order valence-electron chi connectivity index (χ4n) is 2.55. The maximum atomic E-state index is 12.6. The minimum Gasteiger partial charge on any atom is -0.384 e. The monoisotopic (exact) mass is 271 g/mol. The first-order valence-corrected chi connectivity index (χ1v) is 7.20. The third-order valence-electron chi connectivity index (χ3n) is 3.76. The summed E-state index contributed by atoms with van der Waals surface area (Å²) in [4.78, 5) is 14.6. The molecule has 106 valence electrons. The molecule has 3 nitrogen and oxygen atoms in total. The second-order valence-electron chi connectivity index (χ2n) is 5.33. The van der Waals surface area contributed by atoms with E-state index in [1.807, 2.05) is 29.2 Å². The summed E-state index contributed by atoms with van der Waals surface area (Å²) in [6.45, 7) is 3.70. The van der Waals surface area contributed by atoms with E-state index in [2.05, 4.69) is 18.8 Å². The van der Waals surface area contributed by atoms with Gasteiger partial charge in [0.15, 0.2) is 0 Å². The van der Waals surface area contributed by atoms with Crippen molar-refractivity contribution in [2.45, 2.75) is 26.2 Å². The normalized spacial score (nSPS) is 18.9. The maximum Gasteiger partial charge on any atom is 0.255 e. The van der Waals surface area contributed by atoms with Gasteiger partial charge in [-0.25, -0.2) is 0 Å². The van der Waals surface area contributed by atoms with Crippen LogP contribution in [0.3, 0.4) is 0 Å². The SMILES string of the molecule is CC1CCCN(C(=O)c2ccccc2C#CCO)CC1. The van der Waals surface area contributed by atoms with Crippen LogP contribution in [0, 0.1) is 17.8 Å². The van der Waals surface area contributed by atoms with E-state index in [0.717, 1.165) is 25.9 Å². The molecule has 1 amide bonds. The largest absolute Gasteiger partial charge is 0.384 e. The van der Waals surface area contributed by atoms with E-state index in [9.17, 15) is 4.79 Å². The zero-order chi connectivity index (χ0) is 14.4. The lowest BCUT2D eigenvalue weighted by molar-refractivity contribution is 0.0760. The zero-order valence-corrected chi connectivity index (χ0v) is 11.9. The number of rotatable bonds is 1. The first kappa shape index (κ1) is 14.6. The number of benzene rings is 1. The van der Waals surface area contributed by atoms with Gasteiger partial charge in [-0.1, -0.05) is 30.9 Å². The van der Waals surface area contributed by atoms with Crippen LogP contribution < -0.4 is 0 Å². The van der Waals surface area contributed by atoms with E-state index in [1.165, 1.54) is 6.42 Å². The summed E-state index contributed by atoms with van der Waals surface area (Å²) in [5, 5.41) is 8.80. The van der Waals surface area contributed by atoms with E-state index in [1.54, 1.807) is 0 Å². The van der Waals surface area contributed by atoms with Crippen LogP contribution in [-0.2, 0) is 0 Å². The van der Waals surface area contributed by atoms with Gasteiger partial charge in [0.05, 0.1) is 5.56 Å². The highest BCUT2D eigenvalue weighted by atomic mass is 16.2. The molecule has 0 saturated carbocycles. The minimum atomic E-state index is -0.191. The first-order chi connectivity index (χ1) is 9.72. The third-order valence-corrected chi connectivity index (χ3v) is 3.76. The molecule has 1 fully saturated rings. The van der Waals surface area contributed by atoms with E-state index in [0.29, 0.717) is 17.0 Å². The van der Waals surface area contributed by atoms with Crippen molar-refractivity contribution in [2.75, 3.05) is 19.7 Å². The fourth-order valence-corrected chi connectivity index (χ4v) is 2.55. The van der Waals surface area contributed by atoms with Crippen LogP contribution in [0.4, 0.5) is 0 Å². The lowest BCUT2D eigenvalue weighted by Crippen LogP contribution is -2.32. The predicted molar refractivity (Wildman–Crippen MR) is 79.3 cm³/mol. The zero-order valence-electron chi connectivity index (χ0n) is 11.9. The molecule has 1 atom stereocenters. The van der Waals surface area contributed by atoms with Gasteiger partial charge in [0.2, 0.25) is 0 Å². The second kappa shape index (κ2) is 7.12. The Morgan fingerprint density at radius 1 is 1.35 bits per heavy atom. The van der Waals surface area contributed by atoms with Crippen LogP contribution in [0.2, 0.25) is 0 Å². The molecule has 1 unspecified atom stereocenters. The molecule has 1 aliphatic rings. The Kier molecular flexibility index (Phi) is 5.20. The summed E-state index contributed by atoms with van der Waals surface area (Å²) in [5.41, 5.74) is 1.34. The Bertz CT molecular complexity index is 527. The van der Waals surface area contributed by atoms with E-state index < -0.39 is 0 Å². The van der Waals surface area contributed by atoms with E-state index >= 15 is 0 Å². The Labute approximate surface area is 120 Å². The maximum absolute atomic E-state index is 12.6. The highest BCUT2D eigenvalue weighted by molar-refractivity contribution is 5.96. The number of carbonyl (C=O) groups is 1. The molecule has 0 bridgehead atoms. The third kappa shape index (κ3) is 3.61. The van der Waals surface area contributed by atoms with Gasteiger partial charge in [-0.05, 0) is 37.3 Å². The van der Waals surface area contributed by atoms with Gasteiger partial charge in [0.25, 0.3) is 5.91 Å². The molecule has 0 spiro atoms. The second-order valence-corrected chi connectivity index (χ2v) is 5.33. The molecular formula is C17H21NO2. The van der Waals surface area contributed by atoms with Crippen molar-refractivity contribution >= 4 is 5.91 Å². The lowest BCUT2D eigenvalue weighted by Gasteiger charge is -2.21. The summed E-state index contributed by atoms with van der Waals surface area (Å²) in [7, 11) is 0. The van der Waals surface area contributed by atoms with Crippen LogP contribution in [0.15, 0.2) is 24.3 Å². The van der Waals surface area contributed by atoms with Gasteiger partial charge in [-0.15, -0.1) is 0 Å². The van der Waals surface area contributed by atoms with Crippen molar-refractivity contribution in [1.82, 2.24) is 4.90 Å². The highest BCUT2D eigenvalue weighted by Gasteiger charge is 2.21. The summed E-state index contributed by atoms with van der Waals surface area (Å²) >= 11 is 0. The van der Waals surface area contributed by atoms with Gasteiger partial charge in [0, 0.05) is 18.7 Å². The standard InChI is InChI=1S/C17H21NO2/c1-14-6-4-11-18(12-10-14)17(20)16-9-3-2-7-15(16)8-5-13-19/h2-3,7,9,14,19H,4,6,10-13H2,1H3. The van der Waals surface area contributed by atoms with Crippen molar-refractivity contribution in [3.05, 3.63) is 35.4 Å². The molecule has 1 aromatic carbocycles. The molecule has 1 heterocycles.